The summed E-state index contributed by atoms with van der Waals surface area (Å²) in [6, 6.07) is 3.52. The van der Waals surface area contributed by atoms with Gasteiger partial charge in [-0.3, -0.25) is 0 Å². The first kappa shape index (κ1) is 10.2. The lowest BCUT2D eigenvalue weighted by atomic mass is 10.1. The summed E-state index contributed by atoms with van der Waals surface area (Å²) in [4.78, 5) is 5.87. The first-order valence-corrected chi connectivity index (χ1v) is 4.95. The van der Waals surface area contributed by atoms with Gasteiger partial charge in [0.25, 0.3) is 0 Å². The molecular formula is C10H14FN3O. The lowest BCUT2D eigenvalue weighted by Crippen LogP contribution is -2.45. The predicted molar refractivity (Wildman–Crippen MR) is 56.4 cm³/mol. The number of alkyl halides is 1. The van der Waals surface area contributed by atoms with E-state index in [9.17, 15) is 9.50 Å². The zero-order valence-electron chi connectivity index (χ0n) is 8.31. The molecule has 5 heteroatoms. The summed E-state index contributed by atoms with van der Waals surface area (Å²) in [5, 5.41) is 9.40. The Morgan fingerprint density at radius 2 is 2.33 bits per heavy atom. The fraction of sp³-hybridized carbons (Fsp3) is 0.500. The number of aliphatic hydroxyl groups excluding tert-OH is 1. The van der Waals surface area contributed by atoms with E-state index in [1.807, 2.05) is 11.0 Å². The molecule has 0 radical (unpaired) electrons. The summed E-state index contributed by atoms with van der Waals surface area (Å²) in [5.74, 6) is 0.458. The van der Waals surface area contributed by atoms with Crippen molar-refractivity contribution in [3.05, 3.63) is 18.3 Å². The highest BCUT2D eigenvalue weighted by Gasteiger charge is 2.27. The van der Waals surface area contributed by atoms with E-state index in [0.717, 1.165) is 5.69 Å². The van der Waals surface area contributed by atoms with Gasteiger partial charge in [-0.15, -0.1) is 0 Å². The van der Waals surface area contributed by atoms with Crippen molar-refractivity contribution in [2.75, 3.05) is 23.7 Å². The summed E-state index contributed by atoms with van der Waals surface area (Å²) in [6.45, 7) is 0.913. The van der Waals surface area contributed by atoms with Crippen molar-refractivity contribution in [2.24, 2.45) is 0 Å². The highest BCUT2D eigenvalue weighted by molar-refractivity contribution is 5.48. The number of aromatic nitrogens is 1. The minimum Gasteiger partial charge on any atom is -0.388 e. The number of nitrogens with two attached hydrogens (primary N) is 1. The molecule has 1 aromatic rings. The summed E-state index contributed by atoms with van der Waals surface area (Å²) < 4.78 is 13.0. The molecule has 2 atom stereocenters. The molecule has 1 aliphatic rings. The fourth-order valence-corrected chi connectivity index (χ4v) is 1.72. The highest BCUT2D eigenvalue weighted by atomic mass is 19.1. The number of pyridine rings is 1. The normalized spacial score (nSPS) is 26.7. The lowest BCUT2D eigenvalue weighted by molar-refractivity contribution is 0.0645. The summed E-state index contributed by atoms with van der Waals surface area (Å²) in [6.07, 6.45) is -0.0223. The standard InChI is InChI=1S/C10H14FN3O/c11-8-3-4-14(6-9(8)15)7-1-2-10(12)13-5-7/h1-2,5,8-9,15H,3-4,6H2,(H2,12,13). The third-order valence-electron chi connectivity index (χ3n) is 2.64. The highest BCUT2D eigenvalue weighted by Crippen LogP contribution is 2.21. The smallest absolute Gasteiger partial charge is 0.129 e. The molecule has 4 nitrogen and oxygen atoms in total. The predicted octanol–water partition coefficient (Wildman–Crippen LogP) is 0.573. The van der Waals surface area contributed by atoms with Crippen molar-refractivity contribution in [3.8, 4) is 0 Å². The monoisotopic (exact) mass is 211 g/mol. The van der Waals surface area contributed by atoms with Crippen LogP contribution in [0.1, 0.15) is 6.42 Å². The van der Waals surface area contributed by atoms with E-state index in [2.05, 4.69) is 4.98 Å². The molecule has 0 aromatic carbocycles. The first-order chi connectivity index (χ1) is 7.16. The second-order valence-electron chi connectivity index (χ2n) is 3.76. The zero-order chi connectivity index (χ0) is 10.8. The number of anilines is 2. The average molecular weight is 211 g/mol. The first-order valence-electron chi connectivity index (χ1n) is 4.95. The third-order valence-corrected chi connectivity index (χ3v) is 2.64. The van der Waals surface area contributed by atoms with Gasteiger partial charge in [0, 0.05) is 13.1 Å². The summed E-state index contributed by atoms with van der Waals surface area (Å²) in [7, 11) is 0. The van der Waals surface area contributed by atoms with Crippen LogP contribution in [-0.2, 0) is 0 Å². The number of nitrogens with zero attached hydrogens (tertiary/aromatic N) is 2. The molecular weight excluding hydrogens is 197 g/mol. The molecule has 1 aromatic heterocycles. The van der Waals surface area contributed by atoms with Gasteiger partial charge in [-0.05, 0) is 18.6 Å². The van der Waals surface area contributed by atoms with Crippen LogP contribution in [0.2, 0.25) is 0 Å². The van der Waals surface area contributed by atoms with E-state index in [0.29, 0.717) is 25.3 Å². The minimum absolute atomic E-state index is 0.312. The van der Waals surface area contributed by atoms with Crippen molar-refractivity contribution >= 4 is 11.5 Å². The Labute approximate surface area is 87.5 Å². The molecule has 0 amide bonds. The van der Waals surface area contributed by atoms with Gasteiger partial charge in [0.05, 0.1) is 11.9 Å². The van der Waals surface area contributed by atoms with Gasteiger partial charge < -0.3 is 15.7 Å². The molecule has 1 saturated heterocycles. The van der Waals surface area contributed by atoms with Crippen LogP contribution in [0.25, 0.3) is 0 Å². The maximum Gasteiger partial charge on any atom is 0.129 e. The van der Waals surface area contributed by atoms with Gasteiger partial charge in [0.2, 0.25) is 0 Å². The van der Waals surface area contributed by atoms with Crippen molar-refractivity contribution in [1.29, 1.82) is 0 Å². The number of hydrogen-bond donors (Lipinski definition) is 2. The van der Waals surface area contributed by atoms with E-state index < -0.39 is 12.3 Å². The topological polar surface area (TPSA) is 62.4 Å². The van der Waals surface area contributed by atoms with E-state index >= 15 is 0 Å². The molecule has 1 aliphatic heterocycles. The lowest BCUT2D eigenvalue weighted by Gasteiger charge is -2.33. The van der Waals surface area contributed by atoms with E-state index in [1.54, 1.807) is 12.3 Å². The number of nitrogen functional groups attached to an aromatic ring is 1. The fourth-order valence-electron chi connectivity index (χ4n) is 1.72. The Kier molecular flexibility index (Phi) is 2.73. The number of aliphatic hydroxyl groups is 1. The van der Waals surface area contributed by atoms with Crippen molar-refractivity contribution < 1.29 is 9.50 Å². The van der Waals surface area contributed by atoms with Gasteiger partial charge in [-0.2, -0.15) is 0 Å². The summed E-state index contributed by atoms with van der Waals surface area (Å²) >= 11 is 0. The van der Waals surface area contributed by atoms with Crippen LogP contribution in [0.15, 0.2) is 18.3 Å². The maximum atomic E-state index is 13.0. The number of piperidine rings is 1. The number of halogens is 1. The van der Waals surface area contributed by atoms with Gasteiger partial charge in [-0.1, -0.05) is 0 Å². The average Bonchev–Trinajstić information content (AvgIpc) is 2.23. The molecule has 0 spiro atoms. The molecule has 0 bridgehead atoms. The van der Waals surface area contributed by atoms with Crippen LogP contribution in [0, 0.1) is 0 Å². The van der Waals surface area contributed by atoms with Crippen molar-refractivity contribution in [2.45, 2.75) is 18.7 Å². The minimum atomic E-state index is -1.11. The zero-order valence-corrected chi connectivity index (χ0v) is 8.31. The second kappa shape index (κ2) is 4.02. The van der Waals surface area contributed by atoms with Gasteiger partial charge in [0.15, 0.2) is 0 Å². The molecule has 3 N–H and O–H groups in total. The van der Waals surface area contributed by atoms with Crippen LogP contribution < -0.4 is 10.6 Å². The number of hydrogen-bond acceptors (Lipinski definition) is 4. The Bertz CT molecular complexity index is 330. The van der Waals surface area contributed by atoms with Crippen LogP contribution in [0.5, 0.6) is 0 Å². The molecule has 2 heterocycles. The largest absolute Gasteiger partial charge is 0.388 e. The van der Waals surface area contributed by atoms with E-state index in [-0.39, 0.29) is 0 Å². The van der Waals surface area contributed by atoms with Crippen LogP contribution in [0.3, 0.4) is 0 Å². The van der Waals surface area contributed by atoms with Crippen molar-refractivity contribution in [3.63, 3.8) is 0 Å². The van der Waals surface area contributed by atoms with Gasteiger partial charge >= 0.3 is 0 Å². The van der Waals surface area contributed by atoms with Crippen molar-refractivity contribution in [1.82, 2.24) is 4.98 Å². The second-order valence-corrected chi connectivity index (χ2v) is 3.76. The van der Waals surface area contributed by atoms with Crippen LogP contribution in [-0.4, -0.2) is 35.5 Å². The molecule has 0 saturated carbocycles. The SMILES string of the molecule is Nc1ccc(N2CCC(F)C(O)C2)cn1. The Hall–Kier alpha value is -1.36. The van der Waals surface area contributed by atoms with E-state index in [1.165, 1.54) is 0 Å². The Morgan fingerprint density at radius 1 is 1.53 bits per heavy atom. The quantitative estimate of drug-likeness (QED) is 0.713. The third kappa shape index (κ3) is 2.18. The van der Waals surface area contributed by atoms with Crippen LogP contribution >= 0.6 is 0 Å². The molecule has 0 aliphatic carbocycles. The Balaban J connectivity index is 2.08. The molecule has 82 valence electrons. The number of β-amino-alcohol motifs (C(OH)–C–C–N with tert-alkyl or cyclic N) is 1. The molecule has 2 rings (SSSR count). The Morgan fingerprint density at radius 3 is 2.93 bits per heavy atom. The molecule has 1 fully saturated rings. The summed E-state index contributed by atoms with van der Waals surface area (Å²) in [5.41, 5.74) is 6.34. The van der Waals surface area contributed by atoms with Gasteiger partial charge in [0.1, 0.15) is 18.1 Å². The molecule has 15 heavy (non-hydrogen) atoms. The molecule has 2 unspecified atom stereocenters. The van der Waals surface area contributed by atoms with Gasteiger partial charge in [-0.25, -0.2) is 9.37 Å². The van der Waals surface area contributed by atoms with Crippen LogP contribution in [0.4, 0.5) is 15.9 Å². The van der Waals surface area contributed by atoms with E-state index in [4.69, 9.17) is 5.73 Å². The maximum absolute atomic E-state index is 13.0. The number of rotatable bonds is 1.